The Bertz CT molecular complexity index is 1180. The predicted octanol–water partition coefficient (Wildman–Crippen LogP) is 1.11. The van der Waals surface area contributed by atoms with Gasteiger partial charge in [0.25, 0.3) is 5.91 Å². The van der Waals surface area contributed by atoms with Gasteiger partial charge in [0.15, 0.2) is 6.10 Å². The van der Waals surface area contributed by atoms with Crippen molar-refractivity contribution in [3.8, 4) is 0 Å². The summed E-state index contributed by atoms with van der Waals surface area (Å²) in [5.74, 6) is -0.292. The van der Waals surface area contributed by atoms with Crippen LogP contribution in [0.4, 0.5) is 0 Å². The molecule has 3 N–H and O–H groups in total. The molecule has 1 saturated heterocycles. The molecule has 0 saturated carbocycles. The molecule has 37 heavy (non-hydrogen) atoms. The average molecular weight is 512 g/mol. The van der Waals surface area contributed by atoms with Gasteiger partial charge in [0.05, 0.1) is 25.0 Å². The van der Waals surface area contributed by atoms with Gasteiger partial charge in [-0.3, -0.25) is 9.59 Å². The summed E-state index contributed by atoms with van der Waals surface area (Å²) in [6.07, 6.45) is -1.64. The minimum atomic E-state index is -1.07. The Labute approximate surface area is 215 Å². The van der Waals surface area contributed by atoms with E-state index in [9.17, 15) is 14.7 Å². The van der Waals surface area contributed by atoms with Crippen LogP contribution in [-0.4, -0.2) is 76.8 Å². The fourth-order valence-corrected chi connectivity index (χ4v) is 4.02. The molecule has 11 nitrogen and oxygen atoms in total. The van der Waals surface area contributed by atoms with Crippen molar-refractivity contribution in [2.45, 2.75) is 65.1 Å². The molecule has 11 heteroatoms. The van der Waals surface area contributed by atoms with E-state index in [-0.39, 0.29) is 49.7 Å². The summed E-state index contributed by atoms with van der Waals surface area (Å²) < 4.78 is 11.7. The fourth-order valence-electron chi connectivity index (χ4n) is 4.02. The second kappa shape index (κ2) is 11.8. The molecule has 2 aliphatic rings. The van der Waals surface area contributed by atoms with Crippen molar-refractivity contribution in [3.05, 3.63) is 58.2 Å². The third kappa shape index (κ3) is 6.88. The van der Waals surface area contributed by atoms with Crippen LogP contribution in [-0.2, 0) is 25.7 Å². The van der Waals surface area contributed by atoms with Crippen molar-refractivity contribution in [1.29, 1.82) is 0 Å². The number of oxime groups is 1. The van der Waals surface area contributed by atoms with Gasteiger partial charge in [0.1, 0.15) is 29.4 Å². The number of nitrogens with one attached hydrogen (secondary N) is 2. The van der Waals surface area contributed by atoms with Crippen LogP contribution in [0.5, 0.6) is 0 Å². The molecule has 1 aromatic carbocycles. The number of aliphatic hydroxyl groups excluding tert-OH is 1. The van der Waals surface area contributed by atoms with Crippen LogP contribution in [0.25, 0.3) is 0 Å². The lowest BCUT2D eigenvalue weighted by Crippen LogP contribution is -2.47. The zero-order valence-corrected chi connectivity index (χ0v) is 21.5. The van der Waals surface area contributed by atoms with Crippen molar-refractivity contribution >= 4 is 17.5 Å². The van der Waals surface area contributed by atoms with Crippen molar-refractivity contribution in [2.24, 2.45) is 5.16 Å². The Kier molecular flexibility index (Phi) is 8.47. The molecule has 2 aromatic rings. The highest BCUT2D eigenvalue weighted by Gasteiger charge is 2.35. The van der Waals surface area contributed by atoms with E-state index < -0.39 is 12.0 Å². The first-order valence-electron chi connectivity index (χ1n) is 12.3. The standard InChI is InChI=1S/C26H33N5O6/c1-14-5-6-18(7-15(14)2)10-27-26(34)22-8-20(29-17(4)30-22)21-9-23(37-31-21)24-13-35-19(12-36-24)11-28-25(33)16(3)32/h5-8,16,19,23-24,32H,9-13H2,1-4H3,(H,27,34)(H,28,33). The molecule has 0 aliphatic carbocycles. The molecule has 4 atom stereocenters. The second-order valence-electron chi connectivity index (χ2n) is 9.42. The highest BCUT2D eigenvalue weighted by molar-refractivity contribution is 6.02. The lowest BCUT2D eigenvalue weighted by atomic mass is 10.0. The highest BCUT2D eigenvalue weighted by atomic mass is 16.7. The minimum Gasteiger partial charge on any atom is -0.389 e. The van der Waals surface area contributed by atoms with Crippen LogP contribution in [0.2, 0.25) is 0 Å². The zero-order valence-electron chi connectivity index (χ0n) is 21.5. The van der Waals surface area contributed by atoms with Gasteiger partial charge in [0, 0.05) is 19.5 Å². The molecule has 1 aromatic heterocycles. The first kappa shape index (κ1) is 26.6. The van der Waals surface area contributed by atoms with Crippen LogP contribution in [0.3, 0.4) is 0 Å². The number of amides is 2. The van der Waals surface area contributed by atoms with Crippen LogP contribution in [0, 0.1) is 20.8 Å². The summed E-state index contributed by atoms with van der Waals surface area (Å²) in [5.41, 5.74) is 4.79. The zero-order chi connectivity index (χ0) is 26.5. The Morgan fingerprint density at radius 1 is 1.05 bits per heavy atom. The molecule has 198 valence electrons. The number of hydrogen-bond donors (Lipinski definition) is 3. The van der Waals surface area contributed by atoms with E-state index in [4.69, 9.17) is 14.3 Å². The maximum Gasteiger partial charge on any atom is 0.270 e. The number of aryl methyl sites for hydroxylation is 3. The number of ether oxygens (including phenoxy) is 2. The molecule has 2 amide bonds. The number of nitrogens with zero attached hydrogens (tertiary/aromatic N) is 3. The molecular weight excluding hydrogens is 478 g/mol. The van der Waals surface area contributed by atoms with E-state index in [1.165, 1.54) is 18.1 Å². The van der Waals surface area contributed by atoms with Gasteiger partial charge in [-0.15, -0.1) is 0 Å². The van der Waals surface area contributed by atoms with E-state index in [0.29, 0.717) is 30.2 Å². The Morgan fingerprint density at radius 2 is 1.86 bits per heavy atom. The lowest BCUT2D eigenvalue weighted by molar-refractivity contribution is -0.170. The number of aliphatic hydroxyl groups is 1. The Hall–Kier alpha value is -3.41. The number of aromatic nitrogens is 2. The van der Waals surface area contributed by atoms with Crippen LogP contribution < -0.4 is 10.6 Å². The van der Waals surface area contributed by atoms with Gasteiger partial charge in [-0.05, 0) is 50.5 Å². The summed E-state index contributed by atoms with van der Waals surface area (Å²) in [4.78, 5) is 38.7. The molecule has 4 rings (SSSR count). The first-order chi connectivity index (χ1) is 17.7. The van der Waals surface area contributed by atoms with Crippen molar-refractivity contribution in [1.82, 2.24) is 20.6 Å². The minimum absolute atomic E-state index is 0.248. The maximum absolute atomic E-state index is 12.8. The number of benzene rings is 1. The molecule has 4 unspecified atom stereocenters. The molecule has 0 bridgehead atoms. The van der Waals surface area contributed by atoms with Crippen molar-refractivity contribution in [3.63, 3.8) is 0 Å². The third-order valence-electron chi connectivity index (χ3n) is 6.37. The van der Waals surface area contributed by atoms with E-state index >= 15 is 0 Å². The quantitative estimate of drug-likeness (QED) is 0.478. The number of hydrogen-bond acceptors (Lipinski definition) is 9. The molecule has 0 spiro atoms. The number of carbonyl (C=O) groups is 2. The van der Waals surface area contributed by atoms with Gasteiger partial charge in [0.2, 0.25) is 5.91 Å². The Morgan fingerprint density at radius 3 is 2.57 bits per heavy atom. The lowest BCUT2D eigenvalue weighted by Gasteiger charge is -2.31. The maximum atomic E-state index is 12.8. The fraction of sp³-hybridized carbons (Fsp3) is 0.500. The summed E-state index contributed by atoms with van der Waals surface area (Å²) in [6.45, 7) is 8.42. The van der Waals surface area contributed by atoms with Gasteiger partial charge in [-0.2, -0.15) is 0 Å². The van der Waals surface area contributed by atoms with Gasteiger partial charge < -0.3 is 30.1 Å². The number of rotatable bonds is 8. The highest BCUT2D eigenvalue weighted by Crippen LogP contribution is 2.23. The molecule has 3 heterocycles. The predicted molar refractivity (Wildman–Crippen MR) is 134 cm³/mol. The summed E-state index contributed by atoms with van der Waals surface area (Å²) >= 11 is 0. The van der Waals surface area contributed by atoms with E-state index in [2.05, 4.69) is 38.7 Å². The van der Waals surface area contributed by atoms with Gasteiger partial charge in [-0.25, -0.2) is 9.97 Å². The van der Waals surface area contributed by atoms with Gasteiger partial charge in [-0.1, -0.05) is 23.4 Å². The summed E-state index contributed by atoms with van der Waals surface area (Å²) in [7, 11) is 0. The summed E-state index contributed by atoms with van der Waals surface area (Å²) in [5, 5.41) is 19.0. The van der Waals surface area contributed by atoms with E-state index in [0.717, 1.165) is 5.56 Å². The Balaban J connectivity index is 1.30. The van der Waals surface area contributed by atoms with Crippen LogP contribution in [0.15, 0.2) is 29.4 Å². The molecule has 2 aliphatic heterocycles. The van der Waals surface area contributed by atoms with Crippen molar-refractivity contribution in [2.75, 3.05) is 19.8 Å². The van der Waals surface area contributed by atoms with Crippen LogP contribution in [0.1, 0.15) is 52.0 Å². The monoisotopic (exact) mass is 511 g/mol. The smallest absolute Gasteiger partial charge is 0.270 e. The first-order valence-corrected chi connectivity index (χ1v) is 12.3. The molecule has 1 fully saturated rings. The number of carbonyl (C=O) groups excluding carboxylic acids is 2. The topological polar surface area (TPSA) is 144 Å². The normalized spacial score (nSPS) is 22.1. The summed E-state index contributed by atoms with van der Waals surface area (Å²) in [6, 6.07) is 7.71. The van der Waals surface area contributed by atoms with Crippen molar-refractivity contribution < 1.29 is 29.0 Å². The van der Waals surface area contributed by atoms with E-state index in [1.54, 1.807) is 13.0 Å². The molecule has 0 radical (unpaired) electrons. The average Bonchev–Trinajstić information content (AvgIpc) is 3.38. The van der Waals surface area contributed by atoms with Gasteiger partial charge >= 0.3 is 0 Å². The van der Waals surface area contributed by atoms with Crippen LogP contribution >= 0.6 is 0 Å². The SMILES string of the molecule is Cc1nc(C(=O)NCc2ccc(C)c(C)c2)cc(C2=NOC(C3COC(CNC(=O)C(C)O)CO3)C2)n1. The second-order valence-corrected chi connectivity index (χ2v) is 9.42. The van der Waals surface area contributed by atoms with E-state index in [1.807, 2.05) is 19.1 Å². The third-order valence-corrected chi connectivity index (χ3v) is 6.37. The molecular formula is C26H33N5O6. The largest absolute Gasteiger partial charge is 0.389 e.